The number of aromatic nitrogens is 1. The molecule has 0 fully saturated rings. The molecule has 0 saturated heterocycles. The molecule has 126 valence electrons. The van der Waals surface area contributed by atoms with Gasteiger partial charge in [0.1, 0.15) is 17.0 Å². The fraction of sp³-hybridized carbons (Fsp3) is 0.0588. The van der Waals surface area contributed by atoms with Crippen LogP contribution in [0.2, 0.25) is 5.02 Å². The minimum atomic E-state index is -0.946. The van der Waals surface area contributed by atoms with Crippen molar-refractivity contribution in [2.45, 2.75) is 0 Å². The number of anilines is 1. The van der Waals surface area contributed by atoms with Gasteiger partial charge in [-0.1, -0.05) is 29.8 Å². The van der Waals surface area contributed by atoms with Crippen LogP contribution in [0, 0.1) is 0 Å². The average molecular weight is 359 g/mol. The van der Waals surface area contributed by atoms with E-state index in [4.69, 9.17) is 20.8 Å². The Morgan fingerprint density at radius 2 is 2.00 bits per heavy atom. The maximum Gasteiger partial charge on any atom is 0.351 e. The van der Waals surface area contributed by atoms with Crippen molar-refractivity contribution < 1.29 is 18.7 Å². The summed E-state index contributed by atoms with van der Waals surface area (Å²) in [5.41, 5.74) is -0.754. The molecule has 1 aromatic carbocycles. The minimum Gasteiger partial charge on any atom is -0.452 e. The summed E-state index contributed by atoms with van der Waals surface area (Å²) in [4.78, 5) is 39.5. The normalized spacial score (nSPS) is 10.4. The molecular formula is C17H11ClN2O5. The van der Waals surface area contributed by atoms with E-state index in [9.17, 15) is 14.4 Å². The number of rotatable bonds is 4. The molecule has 1 amide bonds. The van der Waals surface area contributed by atoms with Crippen LogP contribution in [-0.2, 0) is 9.53 Å². The van der Waals surface area contributed by atoms with Crippen LogP contribution in [0.15, 0.2) is 57.9 Å². The zero-order chi connectivity index (χ0) is 17.8. The first-order chi connectivity index (χ1) is 12.0. The number of halogens is 1. The number of nitrogens with zero attached hydrogens (tertiary/aromatic N) is 1. The van der Waals surface area contributed by atoms with Crippen molar-refractivity contribution in [1.82, 2.24) is 4.98 Å². The number of hydrogen-bond acceptors (Lipinski definition) is 6. The zero-order valence-corrected chi connectivity index (χ0v) is 13.4. The Bertz CT molecular complexity index is 998. The predicted molar refractivity (Wildman–Crippen MR) is 90.6 cm³/mol. The van der Waals surface area contributed by atoms with Crippen molar-refractivity contribution in [2.75, 3.05) is 11.9 Å². The zero-order valence-electron chi connectivity index (χ0n) is 12.7. The second kappa shape index (κ2) is 7.14. The van der Waals surface area contributed by atoms with Crippen LogP contribution in [0.4, 0.5) is 5.82 Å². The van der Waals surface area contributed by atoms with Crippen LogP contribution in [0.25, 0.3) is 11.0 Å². The van der Waals surface area contributed by atoms with E-state index in [-0.39, 0.29) is 11.4 Å². The summed E-state index contributed by atoms with van der Waals surface area (Å²) in [5.74, 6) is -1.29. The molecule has 0 saturated carbocycles. The van der Waals surface area contributed by atoms with Gasteiger partial charge in [0.2, 0.25) is 0 Å². The van der Waals surface area contributed by atoms with Gasteiger partial charge in [0.25, 0.3) is 5.91 Å². The Kier molecular flexibility index (Phi) is 4.76. The molecule has 0 bridgehead atoms. The number of para-hydroxylation sites is 1. The first-order valence-corrected chi connectivity index (χ1v) is 7.52. The predicted octanol–water partition coefficient (Wildman–Crippen LogP) is 2.64. The summed E-state index contributed by atoms with van der Waals surface area (Å²) in [6, 6.07) is 11.2. The van der Waals surface area contributed by atoms with Crippen LogP contribution in [-0.4, -0.2) is 23.5 Å². The van der Waals surface area contributed by atoms with Gasteiger partial charge < -0.3 is 14.5 Å². The van der Waals surface area contributed by atoms with Crippen LogP contribution in [0.1, 0.15) is 10.4 Å². The first-order valence-electron chi connectivity index (χ1n) is 7.14. The summed E-state index contributed by atoms with van der Waals surface area (Å²) < 4.78 is 9.90. The highest BCUT2D eigenvalue weighted by Crippen LogP contribution is 2.13. The molecule has 1 N–H and O–H groups in total. The monoisotopic (exact) mass is 358 g/mol. The molecule has 2 heterocycles. The quantitative estimate of drug-likeness (QED) is 0.568. The van der Waals surface area contributed by atoms with Crippen molar-refractivity contribution in [1.29, 1.82) is 0 Å². The lowest BCUT2D eigenvalue weighted by Gasteiger charge is -2.06. The lowest BCUT2D eigenvalue weighted by molar-refractivity contribution is -0.119. The molecule has 8 heteroatoms. The summed E-state index contributed by atoms with van der Waals surface area (Å²) in [7, 11) is 0. The van der Waals surface area contributed by atoms with E-state index in [0.717, 1.165) is 0 Å². The largest absolute Gasteiger partial charge is 0.452 e. The van der Waals surface area contributed by atoms with Gasteiger partial charge in [0, 0.05) is 11.6 Å². The molecule has 0 atom stereocenters. The van der Waals surface area contributed by atoms with Crippen molar-refractivity contribution in [3.63, 3.8) is 0 Å². The Labute approximate surface area is 146 Å². The molecule has 3 aromatic rings. The fourth-order valence-electron chi connectivity index (χ4n) is 2.04. The number of esters is 1. The second-order valence-electron chi connectivity index (χ2n) is 4.97. The molecular weight excluding hydrogens is 348 g/mol. The van der Waals surface area contributed by atoms with E-state index < -0.39 is 24.1 Å². The number of ether oxygens (including phenoxy) is 1. The number of amides is 1. The molecule has 25 heavy (non-hydrogen) atoms. The van der Waals surface area contributed by atoms with E-state index >= 15 is 0 Å². The summed E-state index contributed by atoms with van der Waals surface area (Å²) >= 11 is 5.69. The number of nitrogens with one attached hydrogen (secondary N) is 1. The highest BCUT2D eigenvalue weighted by molar-refractivity contribution is 6.30. The molecule has 0 radical (unpaired) electrons. The average Bonchev–Trinajstić information content (AvgIpc) is 2.61. The third kappa shape index (κ3) is 4.02. The maximum absolute atomic E-state index is 12.0. The molecule has 0 aliphatic rings. The second-order valence-corrected chi connectivity index (χ2v) is 5.41. The number of carbonyl (C=O) groups is 2. The van der Waals surface area contributed by atoms with Gasteiger partial charge in [-0.05, 0) is 24.3 Å². The Balaban J connectivity index is 1.66. The number of pyridine rings is 1. The van der Waals surface area contributed by atoms with Gasteiger partial charge in [-0.2, -0.15) is 0 Å². The van der Waals surface area contributed by atoms with Crippen molar-refractivity contribution in [3.05, 3.63) is 69.7 Å². The third-order valence-electron chi connectivity index (χ3n) is 3.19. The SMILES string of the molecule is O=C(COC(=O)c1cc2ccccc2oc1=O)Nc1ccc(Cl)cn1. The van der Waals surface area contributed by atoms with E-state index in [2.05, 4.69) is 10.3 Å². The van der Waals surface area contributed by atoms with Crippen molar-refractivity contribution in [2.24, 2.45) is 0 Å². The maximum atomic E-state index is 12.0. The van der Waals surface area contributed by atoms with E-state index in [0.29, 0.717) is 16.0 Å². The highest BCUT2D eigenvalue weighted by Gasteiger charge is 2.16. The van der Waals surface area contributed by atoms with E-state index in [1.807, 2.05) is 0 Å². The Hall–Kier alpha value is -3.19. The minimum absolute atomic E-state index is 0.260. The summed E-state index contributed by atoms with van der Waals surface area (Å²) in [5, 5.41) is 3.43. The van der Waals surface area contributed by atoms with Crippen LogP contribution >= 0.6 is 11.6 Å². The summed E-state index contributed by atoms with van der Waals surface area (Å²) in [6.07, 6.45) is 1.36. The van der Waals surface area contributed by atoms with Crippen molar-refractivity contribution in [3.8, 4) is 0 Å². The van der Waals surface area contributed by atoms with Crippen molar-refractivity contribution >= 4 is 40.3 Å². The standard InChI is InChI=1S/C17H11ClN2O5/c18-11-5-6-14(19-8-11)20-15(21)9-24-16(22)12-7-10-3-1-2-4-13(10)25-17(12)23/h1-8H,9H2,(H,19,20,21). The van der Waals surface area contributed by atoms with Crippen LogP contribution in [0.3, 0.4) is 0 Å². The summed E-state index contributed by atoms with van der Waals surface area (Å²) in [6.45, 7) is -0.574. The van der Waals surface area contributed by atoms with Gasteiger partial charge in [-0.15, -0.1) is 0 Å². The van der Waals surface area contributed by atoms with Gasteiger partial charge in [-0.3, -0.25) is 4.79 Å². The lowest BCUT2D eigenvalue weighted by Crippen LogP contribution is -2.23. The topological polar surface area (TPSA) is 98.5 Å². The van der Waals surface area contributed by atoms with E-state index in [1.54, 1.807) is 30.3 Å². The first kappa shape index (κ1) is 16.7. The third-order valence-corrected chi connectivity index (χ3v) is 3.41. The fourth-order valence-corrected chi connectivity index (χ4v) is 2.15. The molecule has 0 aliphatic carbocycles. The number of benzene rings is 1. The molecule has 0 aliphatic heterocycles. The molecule has 0 spiro atoms. The van der Waals surface area contributed by atoms with Gasteiger partial charge in [-0.25, -0.2) is 14.6 Å². The Morgan fingerprint density at radius 1 is 1.20 bits per heavy atom. The smallest absolute Gasteiger partial charge is 0.351 e. The van der Waals surface area contributed by atoms with Gasteiger partial charge in [0.05, 0.1) is 5.02 Å². The lowest BCUT2D eigenvalue weighted by atomic mass is 10.2. The Morgan fingerprint density at radius 3 is 2.76 bits per heavy atom. The number of fused-ring (bicyclic) bond motifs is 1. The van der Waals surface area contributed by atoms with Crippen LogP contribution < -0.4 is 10.9 Å². The molecule has 7 nitrogen and oxygen atoms in total. The number of hydrogen-bond donors (Lipinski definition) is 1. The molecule has 0 unspecified atom stereocenters. The van der Waals surface area contributed by atoms with E-state index in [1.165, 1.54) is 18.3 Å². The number of carbonyl (C=O) groups excluding carboxylic acids is 2. The molecule has 2 aromatic heterocycles. The molecule has 3 rings (SSSR count). The van der Waals surface area contributed by atoms with Crippen LogP contribution in [0.5, 0.6) is 0 Å². The highest BCUT2D eigenvalue weighted by atomic mass is 35.5. The van der Waals surface area contributed by atoms with Gasteiger partial charge >= 0.3 is 11.6 Å². The van der Waals surface area contributed by atoms with Gasteiger partial charge in [0.15, 0.2) is 6.61 Å².